The van der Waals surface area contributed by atoms with E-state index in [2.05, 4.69) is 35.6 Å². The molecule has 0 radical (unpaired) electrons. The molecule has 0 saturated carbocycles. The van der Waals surface area contributed by atoms with Crippen LogP contribution in [0.1, 0.15) is 26.2 Å². The summed E-state index contributed by atoms with van der Waals surface area (Å²) in [6.45, 7) is 2.19. The Balaban J connectivity index is 2.25. The van der Waals surface area contributed by atoms with Crippen LogP contribution >= 0.6 is 11.8 Å². The predicted octanol–water partition coefficient (Wildman–Crippen LogP) is 1.98. The van der Waals surface area contributed by atoms with Gasteiger partial charge in [0.05, 0.1) is 5.54 Å². The lowest BCUT2D eigenvalue weighted by Crippen LogP contribution is -2.37. The molecule has 1 heterocycles. The molecule has 1 atom stereocenters. The Hall–Kier alpha value is -0.740. The van der Waals surface area contributed by atoms with Gasteiger partial charge >= 0.3 is 0 Å². The summed E-state index contributed by atoms with van der Waals surface area (Å²) in [6.07, 6.45) is 10.1. The summed E-state index contributed by atoms with van der Waals surface area (Å²) in [5.41, 5.74) is 3.92. The number of allylic oxidation sites excluding steroid dienone is 2. The van der Waals surface area contributed by atoms with Crippen molar-refractivity contribution in [2.75, 3.05) is 5.75 Å². The number of hydrogen-bond acceptors (Lipinski definition) is 4. The number of thioether (sulfide) groups is 1. The molecule has 82 valence electrons. The number of nitrogens with one attached hydrogen (secondary N) is 1. The first-order valence-electron chi connectivity index (χ1n) is 5.31. The third kappa shape index (κ3) is 2.26. The first kappa shape index (κ1) is 10.8. The third-order valence-electron chi connectivity index (χ3n) is 2.92. The molecule has 1 unspecified atom stereocenters. The standard InChI is InChI=1S/C11H17N3S/c1-11(9-5-3-2-4-6-9)7-8-15-10(13-11)14-12/h3,5-6H,2,4,7-8,12H2,1H3,(H,13,14). The Kier molecular flexibility index (Phi) is 3.17. The summed E-state index contributed by atoms with van der Waals surface area (Å²) in [6, 6.07) is 0. The van der Waals surface area contributed by atoms with Crippen LogP contribution in [0.4, 0.5) is 0 Å². The zero-order valence-corrected chi connectivity index (χ0v) is 9.81. The van der Waals surface area contributed by atoms with E-state index < -0.39 is 0 Å². The summed E-state index contributed by atoms with van der Waals surface area (Å²) in [7, 11) is 0. The number of hydrazine groups is 1. The minimum Gasteiger partial charge on any atom is -0.303 e. The molecule has 2 aliphatic rings. The van der Waals surface area contributed by atoms with Gasteiger partial charge in [-0.05, 0) is 31.8 Å². The van der Waals surface area contributed by atoms with Crippen LogP contribution < -0.4 is 11.3 Å². The van der Waals surface area contributed by atoms with E-state index in [-0.39, 0.29) is 5.54 Å². The van der Waals surface area contributed by atoms with E-state index in [0.29, 0.717) is 0 Å². The van der Waals surface area contributed by atoms with Crippen LogP contribution in [0.25, 0.3) is 0 Å². The highest BCUT2D eigenvalue weighted by molar-refractivity contribution is 8.13. The van der Waals surface area contributed by atoms with Gasteiger partial charge in [-0.2, -0.15) is 0 Å². The largest absolute Gasteiger partial charge is 0.303 e. The molecular formula is C11H17N3S. The minimum atomic E-state index is -0.0795. The fourth-order valence-electron chi connectivity index (χ4n) is 1.95. The molecule has 0 aromatic carbocycles. The van der Waals surface area contributed by atoms with E-state index in [4.69, 9.17) is 5.84 Å². The molecule has 2 rings (SSSR count). The first-order valence-corrected chi connectivity index (χ1v) is 6.30. The Bertz CT molecular complexity index is 333. The average molecular weight is 223 g/mol. The van der Waals surface area contributed by atoms with Crippen molar-refractivity contribution >= 4 is 16.9 Å². The number of nitrogens with zero attached hydrogens (tertiary/aromatic N) is 1. The lowest BCUT2D eigenvalue weighted by molar-refractivity contribution is 0.540. The number of hydrogen-bond donors (Lipinski definition) is 2. The van der Waals surface area contributed by atoms with Crippen LogP contribution in [-0.4, -0.2) is 16.5 Å². The van der Waals surface area contributed by atoms with Crippen LogP contribution in [0.2, 0.25) is 0 Å². The van der Waals surface area contributed by atoms with Crippen LogP contribution in [0.15, 0.2) is 28.8 Å². The van der Waals surface area contributed by atoms with Gasteiger partial charge in [0.1, 0.15) is 0 Å². The van der Waals surface area contributed by atoms with Gasteiger partial charge in [0.2, 0.25) is 0 Å². The van der Waals surface area contributed by atoms with Crippen LogP contribution in [-0.2, 0) is 0 Å². The summed E-state index contributed by atoms with van der Waals surface area (Å²) >= 11 is 1.69. The predicted molar refractivity (Wildman–Crippen MR) is 66.7 cm³/mol. The van der Waals surface area contributed by atoms with Gasteiger partial charge in [-0.3, -0.25) is 4.99 Å². The minimum absolute atomic E-state index is 0.0795. The Morgan fingerprint density at radius 2 is 2.40 bits per heavy atom. The van der Waals surface area contributed by atoms with Crippen molar-refractivity contribution in [1.82, 2.24) is 5.43 Å². The normalized spacial score (nSPS) is 30.8. The van der Waals surface area contributed by atoms with Crippen molar-refractivity contribution < 1.29 is 0 Å². The van der Waals surface area contributed by atoms with E-state index in [1.54, 1.807) is 11.8 Å². The van der Waals surface area contributed by atoms with E-state index in [0.717, 1.165) is 30.2 Å². The second kappa shape index (κ2) is 4.41. The summed E-state index contributed by atoms with van der Waals surface area (Å²) in [4.78, 5) is 4.68. The molecule has 1 aliphatic carbocycles. The van der Waals surface area contributed by atoms with Gasteiger partial charge in [0, 0.05) is 5.75 Å². The molecule has 0 aromatic rings. The highest BCUT2D eigenvalue weighted by Crippen LogP contribution is 2.34. The fraction of sp³-hybridized carbons (Fsp3) is 0.545. The smallest absolute Gasteiger partial charge is 0.171 e. The molecule has 3 nitrogen and oxygen atoms in total. The van der Waals surface area contributed by atoms with Gasteiger partial charge in [0.15, 0.2) is 5.17 Å². The average Bonchev–Trinajstić information content (AvgIpc) is 2.30. The maximum Gasteiger partial charge on any atom is 0.171 e. The van der Waals surface area contributed by atoms with Crippen molar-refractivity contribution in [3.05, 3.63) is 23.8 Å². The molecule has 0 aromatic heterocycles. The highest BCUT2D eigenvalue weighted by atomic mass is 32.2. The van der Waals surface area contributed by atoms with Crippen LogP contribution in [0.5, 0.6) is 0 Å². The SMILES string of the molecule is CC1(C2=CCCC=C2)CCSC(NN)=N1. The molecule has 0 fully saturated rings. The zero-order valence-electron chi connectivity index (χ0n) is 8.99. The molecule has 1 aliphatic heterocycles. The number of rotatable bonds is 1. The van der Waals surface area contributed by atoms with Gasteiger partial charge in [-0.1, -0.05) is 30.0 Å². The maximum absolute atomic E-state index is 5.41. The summed E-state index contributed by atoms with van der Waals surface area (Å²) in [5.74, 6) is 6.49. The second-order valence-electron chi connectivity index (χ2n) is 4.07. The maximum atomic E-state index is 5.41. The number of amidine groups is 1. The highest BCUT2D eigenvalue weighted by Gasteiger charge is 2.30. The van der Waals surface area contributed by atoms with E-state index >= 15 is 0 Å². The van der Waals surface area contributed by atoms with Crippen molar-refractivity contribution in [3.63, 3.8) is 0 Å². The molecular weight excluding hydrogens is 206 g/mol. The molecule has 0 spiro atoms. The van der Waals surface area contributed by atoms with Crippen molar-refractivity contribution in [3.8, 4) is 0 Å². The van der Waals surface area contributed by atoms with Gasteiger partial charge < -0.3 is 5.43 Å². The zero-order chi connectivity index (χ0) is 10.7. The van der Waals surface area contributed by atoms with E-state index in [9.17, 15) is 0 Å². The fourth-order valence-corrected chi connectivity index (χ4v) is 3.00. The van der Waals surface area contributed by atoms with Crippen molar-refractivity contribution in [2.24, 2.45) is 10.8 Å². The second-order valence-corrected chi connectivity index (χ2v) is 5.16. The van der Waals surface area contributed by atoms with Gasteiger partial charge in [-0.15, -0.1) is 0 Å². The number of nitrogens with two attached hydrogens (primary N) is 1. The van der Waals surface area contributed by atoms with Crippen molar-refractivity contribution in [1.29, 1.82) is 0 Å². The van der Waals surface area contributed by atoms with E-state index in [1.165, 1.54) is 5.57 Å². The summed E-state index contributed by atoms with van der Waals surface area (Å²) < 4.78 is 0. The van der Waals surface area contributed by atoms with Crippen molar-refractivity contribution in [2.45, 2.75) is 31.7 Å². The number of aliphatic imine (C=N–C) groups is 1. The summed E-state index contributed by atoms with van der Waals surface area (Å²) in [5, 5.41) is 0.851. The van der Waals surface area contributed by atoms with E-state index in [1.807, 2.05) is 0 Å². The lowest BCUT2D eigenvalue weighted by Gasteiger charge is -2.32. The quantitative estimate of drug-likeness (QED) is 0.528. The monoisotopic (exact) mass is 223 g/mol. The lowest BCUT2D eigenvalue weighted by atomic mass is 9.86. The van der Waals surface area contributed by atoms with Crippen LogP contribution in [0, 0.1) is 0 Å². The Morgan fingerprint density at radius 3 is 3.07 bits per heavy atom. The van der Waals surface area contributed by atoms with Crippen LogP contribution in [0.3, 0.4) is 0 Å². The topological polar surface area (TPSA) is 50.4 Å². The molecule has 0 saturated heterocycles. The first-order chi connectivity index (χ1) is 7.24. The molecule has 15 heavy (non-hydrogen) atoms. The van der Waals surface area contributed by atoms with Gasteiger partial charge in [-0.25, -0.2) is 5.84 Å². The molecule has 0 amide bonds. The Morgan fingerprint density at radius 1 is 1.53 bits per heavy atom. The Labute approximate surface area is 94.9 Å². The molecule has 0 bridgehead atoms. The molecule has 3 N–H and O–H groups in total. The van der Waals surface area contributed by atoms with Gasteiger partial charge in [0.25, 0.3) is 0 Å². The third-order valence-corrected chi connectivity index (χ3v) is 3.81. The molecule has 4 heteroatoms.